The Labute approximate surface area is 201 Å². The second kappa shape index (κ2) is 9.51. The van der Waals surface area contributed by atoms with Crippen LogP contribution >= 0.6 is 0 Å². The highest BCUT2D eigenvalue weighted by Crippen LogP contribution is 2.46. The van der Waals surface area contributed by atoms with E-state index in [0.29, 0.717) is 23.4 Å². The van der Waals surface area contributed by atoms with Crippen molar-refractivity contribution in [2.45, 2.75) is 64.1 Å². The number of carbonyl (C=O) groups excluding carboxylic acids is 3. The SMILES string of the molecule is COC(=O)[C@@H]1C(=O)C2=C(C[C@@H]1C)NC(C)=C(C(=O)OC1CCCC1)[C@H]2c1ccc(C(F)(F)F)cc1. The normalized spacial score (nSPS) is 25.3. The molecule has 1 aliphatic heterocycles. The van der Waals surface area contributed by atoms with E-state index < -0.39 is 41.3 Å². The number of hydrogen-bond acceptors (Lipinski definition) is 6. The number of ketones is 1. The molecule has 9 heteroatoms. The zero-order valence-electron chi connectivity index (χ0n) is 19.8. The molecule has 3 aliphatic rings. The number of methoxy groups -OCH3 is 1. The maximum atomic E-state index is 13.6. The predicted molar refractivity (Wildman–Crippen MR) is 120 cm³/mol. The van der Waals surface area contributed by atoms with Crippen molar-refractivity contribution < 1.29 is 37.0 Å². The van der Waals surface area contributed by atoms with Crippen molar-refractivity contribution >= 4 is 17.7 Å². The zero-order chi connectivity index (χ0) is 25.5. The van der Waals surface area contributed by atoms with Crippen molar-refractivity contribution in [3.63, 3.8) is 0 Å². The minimum absolute atomic E-state index is 0.168. The molecule has 0 spiro atoms. The minimum Gasteiger partial charge on any atom is -0.468 e. The Morgan fingerprint density at radius 3 is 2.29 bits per heavy atom. The lowest BCUT2D eigenvalue weighted by atomic mass is 9.69. The molecule has 1 saturated carbocycles. The summed E-state index contributed by atoms with van der Waals surface area (Å²) in [6.07, 6.45) is -1.04. The Bertz CT molecular complexity index is 1100. The maximum Gasteiger partial charge on any atom is 0.416 e. The Morgan fingerprint density at radius 1 is 1.09 bits per heavy atom. The van der Waals surface area contributed by atoms with Gasteiger partial charge in [0.25, 0.3) is 0 Å². The topological polar surface area (TPSA) is 81.7 Å². The molecule has 35 heavy (non-hydrogen) atoms. The van der Waals surface area contributed by atoms with Crippen LogP contribution in [0.25, 0.3) is 0 Å². The van der Waals surface area contributed by atoms with E-state index in [1.165, 1.54) is 19.2 Å². The minimum atomic E-state index is -4.53. The average Bonchev–Trinajstić information content (AvgIpc) is 3.30. The first-order valence-electron chi connectivity index (χ1n) is 11.7. The zero-order valence-corrected chi connectivity index (χ0v) is 19.8. The molecule has 0 aromatic heterocycles. The first-order chi connectivity index (χ1) is 16.5. The third kappa shape index (κ3) is 4.73. The fraction of sp³-hybridized carbons (Fsp3) is 0.500. The number of carbonyl (C=O) groups is 3. The van der Waals surface area contributed by atoms with Crippen LogP contribution in [-0.2, 0) is 30.0 Å². The lowest BCUT2D eigenvalue weighted by Gasteiger charge is -2.38. The summed E-state index contributed by atoms with van der Waals surface area (Å²) in [5.74, 6) is -4.17. The second-order valence-electron chi connectivity index (χ2n) is 9.47. The Kier molecular flexibility index (Phi) is 6.79. The number of dihydropyridines is 1. The highest BCUT2D eigenvalue weighted by molar-refractivity contribution is 6.12. The number of nitrogens with one attached hydrogen (secondary N) is 1. The summed E-state index contributed by atoms with van der Waals surface area (Å²) >= 11 is 0. The van der Waals surface area contributed by atoms with Crippen LogP contribution in [0.5, 0.6) is 0 Å². The van der Waals surface area contributed by atoms with Gasteiger partial charge < -0.3 is 14.8 Å². The van der Waals surface area contributed by atoms with Crippen molar-refractivity contribution in [3.05, 3.63) is 57.9 Å². The van der Waals surface area contributed by atoms with Gasteiger partial charge in [-0.25, -0.2) is 4.79 Å². The van der Waals surface area contributed by atoms with Gasteiger partial charge in [-0.15, -0.1) is 0 Å². The Balaban J connectivity index is 1.81. The van der Waals surface area contributed by atoms with E-state index >= 15 is 0 Å². The second-order valence-corrected chi connectivity index (χ2v) is 9.47. The number of alkyl halides is 3. The molecular weight excluding hydrogens is 463 g/mol. The molecule has 0 amide bonds. The van der Waals surface area contributed by atoms with Crippen LogP contribution in [0.2, 0.25) is 0 Å². The van der Waals surface area contributed by atoms with E-state index in [9.17, 15) is 27.6 Å². The smallest absolute Gasteiger partial charge is 0.416 e. The fourth-order valence-corrected chi connectivity index (χ4v) is 5.37. The number of rotatable bonds is 4. The van der Waals surface area contributed by atoms with E-state index in [-0.39, 0.29) is 23.2 Å². The molecule has 2 aliphatic carbocycles. The van der Waals surface area contributed by atoms with Crippen LogP contribution < -0.4 is 5.32 Å². The van der Waals surface area contributed by atoms with E-state index in [4.69, 9.17) is 9.47 Å². The third-order valence-corrected chi connectivity index (χ3v) is 7.11. The predicted octanol–water partition coefficient (Wildman–Crippen LogP) is 4.80. The van der Waals surface area contributed by atoms with Crippen molar-refractivity contribution in [1.29, 1.82) is 0 Å². The van der Waals surface area contributed by atoms with Crippen molar-refractivity contribution in [2.24, 2.45) is 11.8 Å². The van der Waals surface area contributed by atoms with Gasteiger partial charge in [-0.05, 0) is 62.6 Å². The summed E-state index contributed by atoms with van der Waals surface area (Å²) in [7, 11) is 1.20. The van der Waals surface area contributed by atoms with E-state index in [0.717, 1.165) is 37.8 Å². The van der Waals surface area contributed by atoms with Gasteiger partial charge in [-0.2, -0.15) is 13.2 Å². The average molecular weight is 492 g/mol. The summed E-state index contributed by atoms with van der Waals surface area (Å²) in [5.41, 5.74) is 0.909. The van der Waals surface area contributed by atoms with Crippen LogP contribution in [0.1, 0.15) is 63.0 Å². The van der Waals surface area contributed by atoms with Crippen LogP contribution in [0.3, 0.4) is 0 Å². The van der Waals surface area contributed by atoms with Gasteiger partial charge in [0, 0.05) is 22.9 Å². The molecule has 0 unspecified atom stereocenters. The van der Waals surface area contributed by atoms with Crippen LogP contribution in [0, 0.1) is 11.8 Å². The molecule has 1 N–H and O–H groups in total. The van der Waals surface area contributed by atoms with Gasteiger partial charge in [0.1, 0.15) is 12.0 Å². The summed E-state index contributed by atoms with van der Waals surface area (Å²) in [6.45, 7) is 3.45. The van der Waals surface area contributed by atoms with E-state index in [1.807, 2.05) is 0 Å². The number of ether oxygens (including phenoxy) is 2. The molecule has 188 valence electrons. The van der Waals surface area contributed by atoms with Crippen molar-refractivity contribution in [1.82, 2.24) is 5.32 Å². The molecule has 4 rings (SSSR count). The number of Topliss-reactive ketones (excluding diaryl/α,β-unsaturated/α-hetero) is 1. The molecule has 1 fully saturated rings. The standard InChI is InChI=1S/C26H28F3NO5/c1-13-12-18-22(23(31)19(13)24(32)34-3)21(15-8-10-16(11-9-15)26(27,28)29)20(14(2)30-18)25(33)35-17-6-4-5-7-17/h8-11,13,17,19,21,30H,4-7,12H2,1-3H3/t13-,19-,21+/m0/s1. The Hall–Kier alpha value is -3.10. The quantitative estimate of drug-likeness (QED) is 0.481. The van der Waals surface area contributed by atoms with E-state index in [2.05, 4.69) is 5.32 Å². The lowest BCUT2D eigenvalue weighted by molar-refractivity contribution is -0.151. The highest BCUT2D eigenvalue weighted by atomic mass is 19.4. The van der Waals surface area contributed by atoms with Crippen molar-refractivity contribution in [3.8, 4) is 0 Å². The molecule has 0 bridgehead atoms. The number of hydrogen-bond donors (Lipinski definition) is 1. The molecule has 6 nitrogen and oxygen atoms in total. The summed E-state index contributed by atoms with van der Waals surface area (Å²) in [5, 5.41) is 3.15. The molecule has 0 saturated heterocycles. The van der Waals surface area contributed by atoms with Crippen LogP contribution in [0.15, 0.2) is 46.8 Å². The summed E-state index contributed by atoms with van der Waals surface area (Å²) in [6, 6.07) is 4.41. The fourth-order valence-electron chi connectivity index (χ4n) is 5.37. The van der Waals surface area contributed by atoms with Crippen LogP contribution in [-0.4, -0.2) is 30.9 Å². The van der Waals surface area contributed by atoms with E-state index in [1.54, 1.807) is 13.8 Å². The number of allylic oxidation sites excluding steroid dienone is 3. The molecule has 1 aromatic rings. The molecule has 1 heterocycles. The largest absolute Gasteiger partial charge is 0.468 e. The third-order valence-electron chi connectivity index (χ3n) is 7.11. The molecule has 0 radical (unpaired) electrons. The Morgan fingerprint density at radius 2 is 1.71 bits per heavy atom. The summed E-state index contributed by atoms with van der Waals surface area (Å²) < 4.78 is 50.2. The first kappa shape index (κ1) is 25.0. The number of benzene rings is 1. The van der Waals surface area contributed by atoms with Gasteiger partial charge in [0.15, 0.2) is 5.78 Å². The molecular formula is C26H28F3NO5. The van der Waals surface area contributed by atoms with Crippen molar-refractivity contribution in [2.75, 3.05) is 7.11 Å². The number of halogens is 3. The van der Waals surface area contributed by atoms with Gasteiger partial charge in [0.05, 0.1) is 18.2 Å². The van der Waals surface area contributed by atoms with Gasteiger partial charge in [-0.3, -0.25) is 9.59 Å². The lowest BCUT2D eigenvalue weighted by Crippen LogP contribution is -2.43. The van der Waals surface area contributed by atoms with Gasteiger partial charge >= 0.3 is 18.1 Å². The summed E-state index contributed by atoms with van der Waals surface area (Å²) in [4.78, 5) is 39.5. The maximum absolute atomic E-state index is 13.6. The first-order valence-corrected chi connectivity index (χ1v) is 11.7. The monoisotopic (exact) mass is 491 g/mol. The number of esters is 2. The molecule has 1 aromatic carbocycles. The van der Waals surface area contributed by atoms with Gasteiger partial charge in [0.2, 0.25) is 0 Å². The van der Waals surface area contributed by atoms with Gasteiger partial charge in [-0.1, -0.05) is 19.1 Å². The van der Waals surface area contributed by atoms with Crippen LogP contribution in [0.4, 0.5) is 13.2 Å². The highest BCUT2D eigenvalue weighted by Gasteiger charge is 2.47. The molecule has 3 atom stereocenters.